The second-order valence-corrected chi connectivity index (χ2v) is 5.17. The summed E-state index contributed by atoms with van der Waals surface area (Å²) in [6, 6.07) is 10.7. The Morgan fingerprint density at radius 3 is 2.86 bits per heavy atom. The normalized spacial score (nSPS) is 17.2. The molecule has 22 heavy (non-hydrogen) atoms. The molecule has 1 aromatic heterocycles. The van der Waals surface area contributed by atoms with Crippen molar-refractivity contribution in [1.29, 1.82) is 0 Å². The highest BCUT2D eigenvalue weighted by Gasteiger charge is 2.16. The van der Waals surface area contributed by atoms with E-state index in [1.807, 2.05) is 0 Å². The average molecular weight is 298 g/mol. The van der Waals surface area contributed by atoms with Gasteiger partial charge in [0.25, 0.3) is 5.91 Å². The molecule has 1 aromatic carbocycles. The Hall–Kier alpha value is -2.40. The van der Waals surface area contributed by atoms with Gasteiger partial charge >= 0.3 is 0 Å². The van der Waals surface area contributed by atoms with Crippen molar-refractivity contribution in [3.05, 3.63) is 54.4 Å². The number of hydrogen-bond acceptors (Lipinski definition) is 4. The maximum absolute atomic E-state index is 12.1. The van der Waals surface area contributed by atoms with Gasteiger partial charge in [-0.3, -0.25) is 9.78 Å². The molecule has 0 bridgehead atoms. The molecule has 1 amide bonds. The highest BCUT2D eigenvalue weighted by Crippen LogP contribution is 2.17. The minimum absolute atomic E-state index is 0.168. The predicted octanol–water partition coefficient (Wildman–Crippen LogP) is 2.89. The first-order valence-electron chi connectivity index (χ1n) is 7.37. The third-order valence-corrected chi connectivity index (χ3v) is 3.50. The van der Waals surface area contributed by atoms with Crippen molar-refractivity contribution in [2.45, 2.75) is 18.9 Å². The minimum atomic E-state index is -0.168. The van der Waals surface area contributed by atoms with E-state index in [0.717, 1.165) is 25.2 Å². The van der Waals surface area contributed by atoms with E-state index in [9.17, 15) is 4.79 Å². The van der Waals surface area contributed by atoms with Crippen LogP contribution in [0, 0.1) is 0 Å². The van der Waals surface area contributed by atoms with Crippen LogP contribution >= 0.6 is 0 Å². The van der Waals surface area contributed by atoms with Gasteiger partial charge in [0.2, 0.25) is 0 Å². The Labute approximate surface area is 129 Å². The molecule has 0 saturated carbocycles. The molecule has 5 heteroatoms. The molecule has 1 aliphatic rings. The Bertz CT molecular complexity index is 608. The fourth-order valence-electron chi connectivity index (χ4n) is 2.31. The molecule has 0 aliphatic carbocycles. The van der Waals surface area contributed by atoms with Crippen LogP contribution in [0.15, 0.2) is 48.8 Å². The maximum atomic E-state index is 12.1. The van der Waals surface area contributed by atoms with Gasteiger partial charge in [-0.1, -0.05) is 0 Å². The fourth-order valence-corrected chi connectivity index (χ4v) is 2.31. The molecule has 1 atom stereocenters. The van der Waals surface area contributed by atoms with E-state index < -0.39 is 0 Å². The van der Waals surface area contributed by atoms with Crippen LogP contribution in [0.25, 0.3) is 0 Å². The van der Waals surface area contributed by atoms with E-state index in [2.05, 4.69) is 10.3 Å². The van der Waals surface area contributed by atoms with E-state index in [1.54, 1.807) is 48.8 Å². The number of hydrogen-bond donors (Lipinski definition) is 1. The number of carbonyl (C=O) groups is 1. The fraction of sp³-hybridized carbons (Fsp3) is 0.294. The molecule has 114 valence electrons. The van der Waals surface area contributed by atoms with Crippen molar-refractivity contribution >= 4 is 11.6 Å². The number of nitrogens with one attached hydrogen (secondary N) is 1. The van der Waals surface area contributed by atoms with Gasteiger partial charge in [0, 0.05) is 18.4 Å². The van der Waals surface area contributed by atoms with E-state index >= 15 is 0 Å². The van der Waals surface area contributed by atoms with Crippen LogP contribution in [-0.4, -0.2) is 30.2 Å². The number of aromatic nitrogens is 1. The van der Waals surface area contributed by atoms with E-state index in [0.29, 0.717) is 17.9 Å². The topological polar surface area (TPSA) is 60.5 Å². The summed E-state index contributed by atoms with van der Waals surface area (Å²) < 4.78 is 11.2. The summed E-state index contributed by atoms with van der Waals surface area (Å²) in [7, 11) is 0. The van der Waals surface area contributed by atoms with Crippen LogP contribution in [0.4, 0.5) is 5.69 Å². The lowest BCUT2D eigenvalue weighted by molar-refractivity contribution is 0.0679. The zero-order valence-electron chi connectivity index (χ0n) is 12.2. The molecule has 1 aliphatic heterocycles. The molecular formula is C17H18N2O3. The Morgan fingerprint density at radius 1 is 1.32 bits per heavy atom. The first-order valence-corrected chi connectivity index (χ1v) is 7.37. The van der Waals surface area contributed by atoms with E-state index in [1.165, 1.54) is 0 Å². The number of amides is 1. The summed E-state index contributed by atoms with van der Waals surface area (Å²) in [4.78, 5) is 16.1. The Kier molecular flexibility index (Phi) is 4.65. The summed E-state index contributed by atoms with van der Waals surface area (Å²) in [5, 5.41) is 2.79. The van der Waals surface area contributed by atoms with E-state index in [4.69, 9.17) is 9.47 Å². The number of nitrogens with zero attached hydrogens (tertiary/aromatic N) is 1. The molecule has 2 aromatic rings. The summed E-state index contributed by atoms with van der Waals surface area (Å²) in [6.07, 6.45) is 5.61. The van der Waals surface area contributed by atoms with Gasteiger partial charge in [0.15, 0.2) is 0 Å². The molecule has 2 heterocycles. The van der Waals surface area contributed by atoms with Crippen LogP contribution < -0.4 is 10.1 Å². The largest absolute Gasteiger partial charge is 0.491 e. The third-order valence-electron chi connectivity index (χ3n) is 3.50. The number of rotatable bonds is 5. The second-order valence-electron chi connectivity index (χ2n) is 5.17. The van der Waals surface area contributed by atoms with Crippen molar-refractivity contribution in [1.82, 2.24) is 4.98 Å². The molecule has 0 radical (unpaired) electrons. The van der Waals surface area contributed by atoms with Crippen LogP contribution in [0.2, 0.25) is 0 Å². The van der Waals surface area contributed by atoms with Crippen molar-refractivity contribution in [2.75, 3.05) is 18.5 Å². The first kappa shape index (κ1) is 14.5. The highest BCUT2D eigenvalue weighted by molar-refractivity contribution is 6.04. The summed E-state index contributed by atoms with van der Waals surface area (Å²) in [5.41, 5.74) is 1.25. The molecule has 0 spiro atoms. The summed E-state index contributed by atoms with van der Waals surface area (Å²) in [5.74, 6) is 0.576. The Morgan fingerprint density at radius 2 is 2.18 bits per heavy atom. The number of carbonyl (C=O) groups excluding carboxylic acids is 1. The molecule has 1 fully saturated rings. The molecule has 3 rings (SSSR count). The molecule has 1 saturated heterocycles. The minimum Gasteiger partial charge on any atom is -0.491 e. The molecule has 1 N–H and O–H groups in total. The predicted molar refractivity (Wildman–Crippen MR) is 83.1 cm³/mol. The van der Waals surface area contributed by atoms with Gasteiger partial charge in [0.1, 0.15) is 12.4 Å². The highest BCUT2D eigenvalue weighted by atomic mass is 16.5. The van der Waals surface area contributed by atoms with Gasteiger partial charge in [-0.05, 0) is 49.2 Å². The van der Waals surface area contributed by atoms with Gasteiger partial charge in [-0.15, -0.1) is 0 Å². The average Bonchev–Trinajstić information content (AvgIpc) is 3.08. The molecule has 5 nitrogen and oxygen atoms in total. The van der Waals surface area contributed by atoms with Gasteiger partial charge in [-0.2, -0.15) is 0 Å². The Balaban J connectivity index is 1.55. The monoisotopic (exact) mass is 298 g/mol. The van der Waals surface area contributed by atoms with E-state index in [-0.39, 0.29) is 12.0 Å². The number of benzene rings is 1. The zero-order valence-corrected chi connectivity index (χ0v) is 12.2. The van der Waals surface area contributed by atoms with Crippen LogP contribution in [0.5, 0.6) is 5.75 Å². The molecular weight excluding hydrogens is 280 g/mol. The van der Waals surface area contributed by atoms with Gasteiger partial charge < -0.3 is 14.8 Å². The summed E-state index contributed by atoms with van der Waals surface area (Å²) >= 11 is 0. The van der Waals surface area contributed by atoms with Crippen LogP contribution in [-0.2, 0) is 4.74 Å². The quantitative estimate of drug-likeness (QED) is 0.922. The smallest absolute Gasteiger partial charge is 0.255 e. The van der Waals surface area contributed by atoms with Crippen molar-refractivity contribution in [3.8, 4) is 5.75 Å². The van der Waals surface area contributed by atoms with Crippen LogP contribution in [0.1, 0.15) is 23.2 Å². The zero-order chi connectivity index (χ0) is 15.2. The lowest BCUT2D eigenvalue weighted by Gasteiger charge is -2.11. The maximum Gasteiger partial charge on any atom is 0.255 e. The van der Waals surface area contributed by atoms with Crippen molar-refractivity contribution < 1.29 is 14.3 Å². The standard InChI is InChI=1S/C17H18N2O3/c20-17(19-14-3-1-9-18-11-14)13-5-7-15(8-6-13)22-12-16-4-2-10-21-16/h1,3,5-9,11,16H,2,4,10,12H2,(H,19,20). The number of ether oxygens (including phenoxy) is 2. The van der Waals surface area contributed by atoms with Crippen molar-refractivity contribution in [2.24, 2.45) is 0 Å². The van der Waals surface area contributed by atoms with Gasteiger partial charge in [-0.25, -0.2) is 0 Å². The van der Waals surface area contributed by atoms with Crippen LogP contribution in [0.3, 0.4) is 0 Å². The second kappa shape index (κ2) is 7.04. The number of anilines is 1. The third kappa shape index (κ3) is 3.83. The SMILES string of the molecule is O=C(Nc1cccnc1)c1ccc(OCC2CCCO2)cc1. The van der Waals surface area contributed by atoms with Gasteiger partial charge in [0.05, 0.1) is 18.0 Å². The lowest BCUT2D eigenvalue weighted by atomic mass is 10.2. The first-order chi connectivity index (χ1) is 10.8. The summed E-state index contributed by atoms with van der Waals surface area (Å²) in [6.45, 7) is 1.38. The lowest BCUT2D eigenvalue weighted by Crippen LogP contribution is -2.16. The van der Waals surface area contributed by atoms with Crippen molar-refractivity contribution in [3.63, 3.8) is 0 Å². The number of pyridine rings is 1. The molecule has 1 unspecified atom stereocenters.